The molecule has 0 spiro atoms. The average molecular weight is 729 g/mol. The number of unbranched alkanes of at least 4 members (excludes halogenated alkanes) is 27. The molecule has 0 fully saturated rings. The first-order chi connectivity index (χ1) is 25.6. The maximum absolute atomic E-state index is 12.7. The van der Waals surface area contributed by atoms with Crippen LogP contribution in [0, 0.1) is 0 Å². The van der Waals surface area contributed by atoms with Crippen molar-refractivity contribution in [3.05, 3.63) is 36.5 Å². The van der Waals surface area contributed by atoms with E-state index in [2.05, 4.69) is 50.3 Å². The van der Waals surface area contributed by atoms with E-state index in [9.17, 15) is 9.59 Å². The quantitative estimate of drug-likeness (QED) is 0.0386. The third kappa shape index (κ3) is 42.6. The third-order valence-corrected chi connectivity index (χ3v) is 10.3. The van der Waals surface area contributed by atoms with Gasteiger partial charge in [-0.15, -0.1) is 0 Å². The Hall–Kier alpha value is -1.84. The summed E-state index contributed by atoms with van der Waals surface area (Å²) in [5.74, 6) is -0.761. The van der Waals surface area contributed by atoms with Crippen molar-refractivity contribution in [2.24, 2.45) is 0 Å². The number of aliphatic carboxylic acids is 1. The SMILES string of the molecule is CCCCC/C=C\C/C=C\CCCC/C=C\CCCCCCCC(=O)OC(CCCCCCCCCCCCCCCCC)CCCCCC(=O)O. The summed E-state index contributed by atoms with van der Waals surface area (Å²) >= 11 is 0. The molecule has 0 rings (SSSR count). The van der Waals surface area contributed by atoms with Gasteiger partial charge in [0.25, 0.3) is 0 Å². The van der Waals surface area contributed by atoms with Crippen molar-refractivity contribution in [3.8, 4) is 0 Å². The minimum absolute atomic E-state index is 0.00474. The molecule has 0 saturated heterocycles. The van der Waals surface area contributed by atoms with Crippen molar-refractivity contribution in [2.45, 2.75) is 258 Å². The smallest absolute Gasteiger partial charge is 0.306 e. The largest absolute Gasteiger partial charge is 0.481 e. The molecule has 0 aromatic heterocycles. The Labute approximate surface area is 324 Å². The van der Waals surface area contributed by atoms with E-state index in [4.69, 9.17) is 9.84 Å². The van der Waals surface area contributed by atoms with Crippen LogP contribution in [0.1, 0.15) is 251 Å². The monoisotopic (exact) mass is 729 g/mol. The van der Waals surface area contributed by atoms with E-state index in [-0.39, 0.29) is 18.5 Å². The Morgan fingerprint density at radius 1 is 0.423 bits per heavy atom. The van der Waals surface area contributed by atoms with Crippen molar-refractivity contribution in [3.63, 3.8) is 0 Å². The second kappa shape index (κ2) is 43.6. The van der Waals surface area contributed by atoms with E-state index in [1.54, 1.807) is 0 Å². The number of allylic oxidation sites excluding steroid dienone is 6. The molecule has 0 aliphatic rings. The molecule has 304 valence electrons. The number of hydrogen-bond acceptors (Lipinski definition) is 3. The van der Waals surface area contributed by atoms with E-state index < -0.39 is 5.97 Å². The van der Waals surface area contributed by atoms with Crippen LogP contribution in [0.5, 0.6) is 0 Å². The standard InChI is InChI=1S/C48H88O4/c1-3-5-7-9-11-13-15-17-19-20-21-22-23-24-26-28-30-32-34-36-41-45-48(51)52-46(43-39-37-40-44-47(49)50)42-38-35-33-31-29-27-25-18-16-14-12-10-8-6-4-2/h11,13,17,19,24,26,46H,3-10,12,14-16,18,20-23,25,27-45H2,1-2H3,(H,49,50)/b13-11-,19-17-,26-24-. The third-order valence-electron chi connectivity index (χ3n) is 10.3. The minimum Gasteiger partial charge on any atom is -0.481 e. The lowest BCUT2D eigenvalue weighted by Gasteiger charge is -2.18. The van der Waals surface area contributed by atoms with Gasteiger partial charge in [-0.1, -0.05) is 179 Å². The fourth-order valence-corrected chi connectivity index (χ4v) is 6.92. The normalized spacial score (nSPS) is 12.5. The Kier molecular flexibility index (Phi) is 42.0. The average Bonchev–Trinajstić information content (AvgIpc) is 3.13. The van der Waals surface area contributed by atoms with Gasteiger partial charge in [0.05, 0.1) is 0 Å². The van der Waals surface area contributed by atoms with Crippen molar-refractivity contribution in [2.75, 3.05) is 0 Å². The zero-order valence-electron chi connectivity index (χ0n) is 34.9. The molecule has 1 atom stereocenters. The van der Waals surface area contributed by atoms with Crippen molar-refractivity contribution in [1.29, 1.82) is 0 Å². The molecule has 0 heterocycles. The highest BCUT2D eigenvalue weighted by molar-refractivity contribution is 5.69. The summed E-state index contributed by atoms with van der Waals surface area (Å²) in [5, 5.41) is 8.93. The Morgan fingerprint density at radius 2 is 0.750 bits per heavy atom. The second-order valence-electron chi connectivity index (χ2n) is 15.6. The van der Waals surface area contributed by atoms with Gasteiger partial charge in [-0.3, -0.25) is 9.59 Å². The molecule has 0 bridgehead atoms. The van der Waals surface area contributed by atoms with E-state index in [0.717, 1.165) is 51.4 Å². The summed E-state index contributed by atoms with van der Waals surface area (Å²) in [5.41, 5.74) is 0. The number of hydrogen-bond donors (Lipinski definition) is 1. The van der Waals surface area contributed by atoms with Crippen molar-refractivity contribution < 1.29 is 19.4 Å². The van der Waals surface area contributed by atoms with Gasteiger partial charge >= 0.3 is 11.9 Å². The van der Waals surface area contributed by atoms with Crippen LogP contribution in [0.4, 0.5) is 0 Å². The number of carbonyl (C=O) groups excluding carboxylic acids is 1. The van der Waals surface area contributed by atoms with Crippen molar-refractivity contribution in [1.82, 2.24) is 0 Å². The molecule has 0 aliphatic heterocycles. The zero-order chi connectivity index (χ0) is 37.8. The van der Waals surface area contributed by atoms with Crippen LogP contribution in [0.2, 0.25) is 0 Å². The van der Waals surface area contributed by atoms with Gasteiger partial charge in [0.1, 0.15) is 6.10 Å². The molecule has 1 N–H and O–H groups in total. The minimum atomic E-state index is -0.723. The van der Waals surface area contributed by atoms with Crippen LogP contribution < -0.4 is 0 Å². The summed E-state index contributed by atoms with van der Waals surface area (Å²) in [7, 11) is 0. The number of carbonyl (C=O) groups is 2. The molecular weight excluding hydrogens is 641 g/mol. The molecule has 0 saturated carbocycles. The van der Waals surface area contributed by atoms with Crippen LogP contribution in [-0.4, -0.2) is 23.1 Å². The molecule has 0 radical (unpaired) electrons. The molecule has 52 heavy (non-hydrogen) atoms. The molecule has 4 heteroatoms. The van der Waals surface area contributed by atoms with E-state index in [0.29, 0.717) is 12.8 Å². The summed E-state index contributed by atoms with van der Waals surface area (Å²) in [6.07, 6.45) is 57.5. The van der Waals surface area contributed by atoms with Crippen LogP contribution >= 0.6 is 0 Å². The van der Waals surface area contributed by atoms with Gasteiger partial charge in [-0.05, 0) is 96.3 Å². The van der Waals surface area contributed by atoms with Gasteiger partial charge in [0, 0.05) is 12.8 Å². The van der Waals surface area contributed by atoms with Crippen LogP contribution in [-0.2, 0) is 14.3 Å². The van der Waals surface area contributed by atoms with Gasteiger partial charge in [-0.25, -0.2) is 0 Å². The fraction of sp³-hybridized carbons (Fsp3) is 0.833. The Morgan fingerprint density at radius 3 is 1.23 bits per heavy atom. The first kappa shape index (κ1) is 50.2. The van der Waals surface area contributed by atoms with Crippen LogP contribution in [0.25, 0.3) is 0 Å². The molecular formula is C48H88O4. The number of esters is 1. The molecule has 0 amide bonds. The second-order valence-corrected chi connectivity index (χ2v) is 15.6. The lowest BCUT2D eigenvalue weighted by Crippen LogP contribution is -2.18. The van der Waals surface area contributed by atoms with Gasteiger partial charge in [0.2, 0.25) is 0 Å². The van der Waals surface area contributed by atoms with Crippen molar-refractivity contribution >= 4 is 11.9 Å². The molecule has 4 nitrogen and oxygen atoms in total. The Bertz CT molecular complexity index is 828. The first-order valence-corrected chi connectivity index (χ1v) is 23.0. The summed E-state index contributed by atoms with van der Waals surface area (Å²) < 4.78 is 5.97. The van der Waals surface area contributed by atoms with Crippen LogP contribution in [0.15, 0.2) is 36.5 Å². The fourth-order valence-electron chi connectivity index (χ4n) is 6.92. The summed E-state index contributed by atoms with van der Waals surface area (Å²) in [6.45, 7) is 4.54. The van der Waals surface area contributed by atoms with Gasteiger partial charge in [0.15, 0.2) is 0 Å². The topological polar surface area (TPSA) is 63.6 Å². The molecule has 0 aromatic rings. The highest BCUT2D eigenvalue weighted by atomic mass is 16.5. The Balaban J connectivity index is 3.90. The predicted octanol–water partition coefficient (Wildman–Crippen LogP) is 16.1. The molecule has 1 unspecified atom stereocenters. The molecule has 0 aliphatic carbocycles. The number of carboxylic acid groups (broad SMARTS) is 1. The van der Waals surface area contributed by atoms with Crippen LogP contribution in [0.3, 0.4) is 0 Å². The maximum Gasteiger partial charge on any atom is 0.306 e. The van der Waals surface area contributed by atoms with Gasteiger partial charge < -0.3 is 9.84 Å². The number of carboxylic acids is 1. The predicted molar refractivity (Wildman–Crippen MR) is 227 cm³/mol. The van der Waals surface area contributed by atoms with E-state index >= 15 is 0 Å². The van der Waals surface area contributed by atoms with E-state index in [1.807, 2.05) is 0 Å². The number of ether oxygens (including phenoxy) is 1. The first-order valence-electron chi connectivity index (χ1n) is 23.0. The molecule has 0 aromatic carbocycles. The van der Waals surface area contributed by atoms with Gasteiger partial charge in [-0.2, -0.15) is 0 Å². The lowest BCUT2D eigenvalue weighted by molar-refractivity contribution is -0.150. The maximum atomic E-state index is 12.7. The number of rotatable bonds is 42. The zero-order valence-corrected chi connectivity index (χ0v) is 34.9. The van der Waals surface area contributed by atoms with E-state index in [1.165, 1.54) is 167 Å². The lowest BCUT2D eigenvalue weighted by atomic mass is 10.0. The highest BCUT2D eigenvalue weighted by Gasteiger charge is 2.14. The summed E-state index contributed by atoms with van der Waals surface area (Å²) in [4.78, 5) is 23.5. The highest BCUT2D eigenvalue weighted by Crippen LogP contribution is 2.19. The summed E-state index contributed by atoms with van der Waals surface area (Å²) in [6, 6.07) is 0.